The van der Waals surface area contributed by atoms with E-state index in [0.717, 1.165) is 54.5 Å². The fourth-order valence-corrected chi connectivity index (χ4v) is 6.85. The predicted octanol–water partition coefficient (Wildman–Crippen LogP) is 5.72. The second kappa shape index (κ2) is 10.5. The lowest BCUT2D eigenvalue weighted by molar-refractivity contribution is 0.0920. The molecule has 0 aliphatic heterocycles. The van der Waals surface area contributed by atoms with Gasteiger partial charge in [-0.1, -0.05) is 31.4 Å². The van der Waals surface area contributed by atoms with Crippen molar-refractivity contribution < 1.29 is 9.21 Å². The van der Waals surface area contributed by atoms with Crippen LogP contribution in [0.1, 0.15) is 80.2 Å². The summed E-state index contributed by atoms with van der Waals surface area (Å²) in [5, 5.41) is 3.67. The molecule has 5 aromatic rings. The molecule has 9 heteroatoms. The zero-order valence-corrected chi connectivity index (χ0v) is 22.8. The zero-order chi connectivity index (χ0) is 27.9. The molecular formula is C32H33N5O4. The number of benzene rings is 2. The number of carbonyl (C=O) groups excluding carboxylic acids is 1. The number of furan rings is 1. The smallest absolute Gasteiger partial charge is 0.329 e. The van der Waals surface area contributed by atoms with E-state index < -0.39 is 5.69 Å². The summed E-state index contributed by atoms with van der Waals surface area (Å²) in [5.41, 5.74) is 3.15. The maximum Gasteiger partial charge on any atom is 0.329 e. The lowest BCUT2D eigenvalue weighted by Gasteiger charge is -2.30. The Morgan fingerprint density at radius 2 is 1.76 bits per heavy atom. The van der Waals surface area contributed by atoms with E-state index in [9.17, 15) is 14.4 Å². The Kier molecular flexibility index (Phi) is 6.57. The van der Waals surface area contributed by atoms with Crippen LogP contribution in [0.4, 0.5) is 0 Å². The van der Waals surface area contributed by atoms with Crippen molar-refractivity contribution in [2.45, 2.75) is 75.9 Å². The van der Waals surface area contributed by atoms with Crippen LogP contribution >= 0.6 is 0 Å². The van der Waals surface area contributed by atoms with Crippen LogP contribution in [0.25, 0.3) is 33.3 Å². The van der Waals surface area contributed by atoms with Gasteiger partial charge in [0.15, 0.2) is 0 Å². The predicted molar refractivity (Wildman–Crippen MR) is 157 cm³/mol. The molecule has 9 nitrogen and oxygen atoms in total. The van der Waals surface area contributed by atoms with Gasteiger partial charge in [-0.25, -0.2) is 9.78 Å². The van der Waals surface area contributed by atoms with Crippen LogP contribution in [-0.2, 0) is 0 Å². The van der Waals surface area contributed by atoms with Crippen LogP contribution in [-0.4, -0.2) is 31.1 Å². The summed E-state index contributed by atoms with van der Waals surface area (Å²) in [5.74, 6) is 0.703. The minimum atomic E-state index is -0.405. The monoisotopic (exact) mass is 551 g/mol. The number of amides is 1. The number of nitrogens with one attached hydrogen (secondary N) is 2. The number of hydrogen-bond donors (Lipinski definition) is 2. The molecule has 41 heavy (non-hydrogen) atoms. The molecule has 1 amide bonds. The molecule has 0 spiro atoms. The number of hydrogen-bond acceptors (Lipinski definition) is 5. The molecule has 210 valence electrons. The standard InChI is InChI=1S/C32H33N5O4/c38-30(33-22-7-6-10-24(18-22)37-31(39)25-11-4-5-12-26(25)35-32(37)40)20-13-14-28-27(17-20)34-29(21-15-16-41-19-21)36(28)23-8-2-1-3-9-23/h4-5,11-17,19,22-24H,1-3,6-10,18H2,(H,33,38)(H,35,40). The molecule has 2 N–H and O–H groups in total. The molecule has 7 rings (SSSR count). The summed E-state index contributed by atoms with van der Waals surface area (Å²) in [7, 11) is 0. The molecule has 2 aliphatic rings. The highest BCUT2D eigenvalue weighted by Crippen LogP contribution is 2.36. The van der Waals surface area contributed by atoms with Crippen molar-refractivity contribution in [3.05, 3.63) is 87.5 Å². The third kappa shape index (κ3) is 4.69. The summed E-state index contributed by atoms with van der Waals surface area (Å²) >= 11 is 0. The first-order valence-corrected chi connectivity index (χ1v) is 14.7. The number of aromatic amines is 1. The Morgan fingerprint density at radius 1 is 0.927 bits per heavy atom. The lowest BCUT2D eigenvalue weighted by Crippen LogP contribution is -2.44. The zero-order valence-electron chi connectivity index (χ0n) is 22.8. The van der Waals surface area contributed by atoms with Crippen molar-refractivity contribution in [2.75, 3.05) is 0 Å². The Balaban J connectivity index is 1.14. The van der Waals surface area contributed by atoms with Crippen LogP contribution in [0, 0.1) is 0 Å². The van der Waals surface area contributed by atoms with Crippen molar-refractivity contribution in [1.29, 1.82) is 0 Å². The quantitative estimate of drug-likeness (QED) is 0.290. The SMILES string of the molecule is O=C(NC1CCCC(n2c(=O)[nH]c3ccccc3c2=O)C1)c1ccc2c(c1)nc(-c1ccoc1)n2C1CCCCC1. The van der Waals surface area contributed by atoms with Gasteiger partial charge in [0, 0.05) is 23.7 Å². The van der Waals surface area contributed by atoms with Crippen molar-refractivity contribution in [1.82, 2.24) is 24.4 Å². The van der Waals surface area contributed by atoms with Gasteiger partial charge in [-0.3, -0.25) is 14.2 Å². The molecule has 0 bridgehead atoms. The van der Waals surface area contributed by atoms with Crippen molar-refractivity contribution in [2.24, 2.45) is 0 Å². The fraction of sp³-hybridized carbons (Fsp3) is 0.375. The fourth-order valence-electron chi connectivity index (χ4n) is 6.85. The molecule has 2 aliphatic carbocycles. The van der Waals surface area contributed by atoms with Crippen molar-refractivity contribution >= 4 is 27.8 Å². The first-order valence-electron chi connectivity index (χ1n) is 14.7. The Labute approximate surface area is 236 Å². The first kappa shape index (κ1) is 25.6. The Bertz CT molecular complexity index is 1840. The van der Waals surface area contributed by atoms with E-state index in [4.69, 9.17) is 9.40 Å². The molecule has 3 aromatic heterocycles. The number of imidazole rings is 1. The molecule has 0 saturated heterocycles. The van der Waals surface area contributed by atoms with Gasteiger partial charge >= 0.3 is 5.69 Å². The second-order valence-corrected chi connectivity index (χ2v) is 11.5. The minimum Gasteiger partial charge on any atom is -0.472 e. The van der Waals surface area contributed by atoms with E-state index in [1.807, 2.05) is 24.3 Å². The van der Waals surface area contributed by atoms with Gasteiger partial charge < -0.3 is 19.3 Å². The maximum absolute atomic E-state index is 13.4. The van der Waals surface area contributed by atoms with E-state index in [2.05, 4.69) is 14.9 Å². The van der Waals surface area contributed by atoms with E-state index in [0.29, 0.717) is 28.9 Å². The number of nitrogens with zero attached hydrogens (tertiary/aromatic N) is 3. The van der Waals surface area contributed by atoms with Crippen LogP contribution in [0.2, 0.25) is 0 Å². The average molecular weight is 552 g/mol. The van der Waals surface area contributed by atoms with Gasteiger partial charge in [0.2, 0.25) is 0 Å². The molecule has 2 atom stereocenters. The summed E-state index contributed by atoms with van der Waals surface area (Å²) in [6.45, 7) is 0. The van der Waals surface area contributed by atoms with Crippen LogP contribution in [0.5, 0.6) is 0 Å². The summed E-state index contributed by atoms with van der Waals surface area (Å²) < 4.78 is 9.03. The highest BCUT2D eigenvalue weighted by Gasteiger charge is 2.28. The van der Waals surface area contributed by atoms with Gasteiger partial charge in [-0.2, -0.15) is 0 Å². The minimum absolute atomic E-state index is 0.143. The molecule has 2 aromatic carbocycles. The average Bonchev–Trinajstić information content (AvgIpc) is 3.66. The highest BCUT2D eigenvalue weighted by molar-refractivity contribution is 5.98. The topological polar surface area (TPSA) is 115 Å². The maximum atomic E-state index is 13.4. The molecule has 2 fully saturated rings. The Hall–Kier alpha value is -4.40. The van der Waals surface area contributed by atoms with Crippen LogP contribution in [0.3, 0.4) is 0 Å². The number of rotatable bonds is 5. The summed E-state index contributed by atoms with van der Waals surface area (Å²) in [6, 6.07) is 14.7. The van der Waals surface area contributed by atoms with Gasteiger partial charge in [-0.15, -0.1) is 0 Å². The van der Waals surface area contributed by atoms with E-state index in [-0.39, 0.29) is 23.6 Å². The van der Waals surface area contributed by atoms with E-state index >= 15 is 0 Å². The third-order valence-corrected chi connectivity index (χ3v) is 8.85. The highest BCUT2D eigenvalue weighted by atomic mass is 16.3. The van der Waals surface area contributed by atoms with Crippen molar-refractivity contribution in [3.8, 4) is 11.4 Å². The molecule has 0 radical (unpaired) electrons. The van der Waals surface area contributed by atoms with Gasteiger partial charge in [-0.05, 0) is 74.9 Å². The number of H-pyrrole nitrogens is 1. The third-order valence-electron chi connectivity index (χ3n) is 8.85. The molecule has 2 saturated carbocycles. The molecular weight excluding hydrogens is 518 g/mol. The lowest BCUT2D eigenvalue weighted by atomic mass is 9.90. The Morgan fingerprint density at radius 3 is 2.59 bits per heavy atom. The molecule has 2 unspecified atom stereocenters. The van der Waals surface area contributed by atoms with Gasteiger partial charge in [0.1, 0.15) is 12.1 Å². The normalized spacial score (nSPS) is 20.0. The number of para-hydroxylation sites is 1. The van der Waals surface area contributed by atoms with Crippen LogP contribution in [0.15, 0.2) is 75.1 Å². The second-order valence-electron chi connectivity index (χ2n) is 11.5. The van der Waals surface area contributed by atoms with Crippen molar-refractivity contribution in [3.63, 3.8) is 0 Å². The number of fused-ring (bicyclic) bond motifs is 2. The number of carbonyl (C=O) groups is 1. The molecule has 3 heterocycles. The first-order chi connectivity index (χ1) is 20.1. The van der Waals surface area contributed by atoms with Gasteiger partial charge in [0.05, 0.1) is 33.8 Å². The number of aromatic nitrogens is 4. The summed E-state index contributed by atoms with van der Waals surface area (Å²) in [4.78, 5) is 47.3. The van der Waals surface area contributed by atoms with E-state index in [1.54, 1.807) is 36.8 Å². The van der Waals surface area contributed by atoms with Gasteiger partial charge in [0.25, 0.3) is 11.5 Å². The largest absolute Gasteiger partial charge is 0.472 e. The van der Waals surface area contributed by atoms with E-state index in [1.165, 1.54) is 23.8 Å². The van der Waals surface area contributed by atoms with Crippen LogP contribution < -0.4 is 16.6 Å². The summed E-state index contributed by atoms with van der Waals surface area (Å²) in [6.07, 6.45) is 12.1.